The van der Waals surface area contributed by atoms with Gasteiger partial charge in [0.2, 0.25) is 0 Å². The van der Waals surface area contributed by atoms with Gasteiger partial charge >= 0.3 is 11.8 Å². The Kier molecular flexibility index (Phi) is 12.0. The summed E-state index contributed by atoms with van der Waals surface area (Å²) in [6.45, 7) is 8.25. The topological polar surface area (TPSA) is 118 Å². The van der Waals surface area contributed by atoms with Crippen molar-refractivity contribution in [3.05, 3.63) is 85.4 Å². The number of hydrazone groups is 1. The molecule has 0 aliphatic carbocycles. The summed E-state index contributed by atoms with van der Waals surface area (Å²) in [4.78, 5) is 36.8. The maximum Gasteiger partial charge on any atom is 0.329 e. The van der Waals surface area contributed by atoms with E-state index in [1.807, 2.05) is 44.2 Å². The van der Waals surface area contributed by atoms with E-state index in [1.54, 1.807) is 24.3 Å². The van der Waals surface area contributed by atoms with Crippen LogP contribution in [0.5, 0.6) is 11.5 Å². The van der Waals surface area contributed by atoms with E-state index in [0.717, 1.165) is 11.1 Å². The molecule has 0 fully saturated rings. The minimum Gasteiger partial charge on any atom is -0.490 e. The lowest BCUT2D eigenvalue weighted by atomic mass is 10.0. The maximum absolute atomic E-state index is 12.4. The van der Waals surface area contributed by atoms with Crippen LogP contribution in [0.15, 0.2) is 59.7 Å². The number of ether oxygens (including phenoxy) is 2. The van der Waals surface area contributed by atoms with E-state index in [9.17, 15) is 14.4 Å². The Morgan fingerprint density at radius 2 is 1.76 bits per heavy atom. The van der Waals surface area contributed by atoms with Crippen molar-refractivity contribution in [3.63, 3.8) is 0 Å². The zero-order chi connectivity index (χ0) is 29.9. The molecule has 3 rings (SSSR count). The van der Waals surface area contributed by atoms with Gasteiger partial charge in [0, 0.05) is 17.3 Å². The van der Waals surface area contributed by atoms with Crippen molar-refractivity contribution in [1.82, 2.24) is 10.7 Å². The third-order valence-corrected chi connectivity index (χ3v) is 7.03. The van der Waals surface area contributed by atoms with Gasteiger partial charge < -0.3 is 20.1 Å². The van der Waals surface area contributed by atoms with Gasteiger partial charge in [-0.15, -0.1) is 0 Å². The summed E-state index contributed by atoms with van der Waals surface area (Å²) < 4.78 is 12.1. The number of nitrogens with zero attached hydrogens (tertiary/aromatic N) is 1. The molecular formula is C30H32ClIN4O5. The third kappa shape index (κ3) is 9.75. The number of hydrogen-bond acceptors (Lipinski definition) is 6. The highest BCUT2D eigenvalue weighted by Crippen LogP contribution is 2.34. The van der Waals surface area contributed by atoms with Crippen LogP contribution in [0.3, 0.4) is 0 Å². The first-order valence-corrected chi connectivity index (χ1v) is 14.4. The summed E-state index contributed by atoms with van der Waals surface area (Å²) in [7, 11) is 0. The quantitative estimate of drug-likeness (QED) is 0.105. The molecule has 3 amide bonds. The van der Waals surface area contributed by atoms with Crippen LogP contribution in [0.4, 0.5) is 5.69 Å². The summed E-state index contributed by atoms with van der Waals surface area (Å²) in [5.74, 6) is -0.834. The smallest absolute Gasteiger partial charge is 0.329 e. The van der Waals surface area contributed by atoms with Gasteiger partial charge in [0.15, 0.2) is 18.1 Å². The van der Waals surface area contributed by atoms with Crippen molar-refractivity contribution >= 4 is 63.8 Å². The van der Waals surface area contributed by atoms with Crippen LogP contribution in [-0.2, 0) is 20.9 Å². The fourth-order valence-electron chi connectivity index (χ4n) is 3.57. The van der Waals surface area contributed by atoms with E-state index in [2.05, 4.69) is 57.6 Å². The minimum absolute atomic E-state index is 0.225. The van der Waals surface area contributed by atoms with Gasteiger partial charge in [-0.3, -0.25) is 14.4 Å². The number of anilines is 1. The molecule has 0 bridgehead atoms. The number of aryl methyl sites for hydroxylation is 1. The molecule has 0 saturated carbocycles. The number of rotatable bonds is 11. The average Bonchev–Trinajstić information content (AvgIpc) is 2.93. The molecule has 0 radical (unpaired) electrons. The van der Waals surface area contributed by atoms with Crippen LogP contribution >= 0.6 is 34.2 Å². The van der Waals surface area contributed by atoms with Crippen LogP contribution in [0.25, 0.3) is 0 Å². The van der Waals surface area contributed by atoms with Crippen LogP contribution in [0.1, 0.15) is 48.9 Å². The highest BCUT2D eigenvalue weighted by atomic mass is 127. The molecule has 216 valence electrons. The molecule has 3 aromatic rings. The molecule has 0 aliphatic heterocycles. The van der Waals surface area contributed by atoms with Crippen LogP contribution in [0.2, 0.25) is 5.02 Å². The molecule has 0 saturated heterocycles. The fraction of sp³-hybridized carbons (Fsp3) is 0.267. The van der Waals surface area contributed by atoms with E-state index in [4.69, 9.17) is 21.1 Å². The van der Waals surface area contributed by atoms with Gasteiger partial charge in [-0.05, 0) is 88.9 Å². The zero-order valence-corrected chi connectivity index (χ0v) is 26.1. The molecule has 3 aromatic carbocycles. The number of halogens is 2. The van der Waals surface area contributed by atoms with Gasteiger partial charge in [-0.2, -0.15) is 5.10 Å². The Labute approximate surface area is 258 Å². The van der Waals surface area contributed by atoms with Crippen molar-refractivity contribution in [1.29, 1.82) is 0 Å². The van der Waals surface area contributed by atoms with E-state index in [-0.39, 0.29) is 19.1 Å². The second kappa shape index (κ2) is 15.4. The molecule has 41 heavy (non-hydrogen) atoms. The molecule has 0 spiro atoms. The lowest BCUT2D eigenvalue weighted by Gasteiger charge is -2.15. The Morgan fingerprint density at radius 3 is 2.41 bits per heavy atom. The van der Waals surface area contributed by atoms with Crippen LogP contribution in [-0.4, -0.2) is 37.1 Å². The molecule has 9 nitrogen and oxygen atoms in total. The van der Waals surface area contributed by atoms with E-state index >= 15 is 0 Å². The second-order valence-corrected chi connectivity index (χ2v) is 10.9. The predicted molar refractivity (Wildman–Crippen MR) is 169 cm³/mol. The van der Waals surface area contributed by atoms with Crippen molar-refractivity contribution in [3.8, 4) is 11.5 Å². The summed E-state index contributed by atoms with van der Waals surface area (Å²) in [5.41, 5.74) is 6.38. The molecule has 0 aromatic heterocycles. The lowest BCUT2D eigenvalue weighted by molar-refractivity contribution is -0.139. The van der Waals surface area contributed by atoms with E-state index in [0.29, 0.717) is 43.9 Å². The summed E-state index contributed by atoms with van der Waals surface area (Å²) in [5, 5.41) is 9.78. The van der Waals surface area contributed by atoms with Gasteiger partial charge in [-0.25, -0.2) is 5.43 Å². The summed E-state index contributed by atoms with van der Waals surface area (Å²) in [6.07, 6.45) is 1.39. The highest BCUT2D eigenvalue weighted by molar-refractivity contribution is 14.1. The van der Waals surface area contributed by atoms with Crippen LogP contribution < -0.4 is 25.5 Å². The number of carbonyl (C=O) groups is 3. The summed E-state index contributed by atoms with van der Waals surface area (Å²) in [6, 6.07) is 16.5. The minimum atomic E-state index is -0.888. The van der Waals surface area contributed by atoms with E-state index in [1.165, 1.54) is 11.8 Å². The van der Waals surface area contributed by atoms with Gasteiger partial charge in [-0.1, -0.05) is 55.8 Å². The molecule has 0 heterocycles. The Hall–Kier alpha value is -3.64. The fourth-order valence-corrected chi connectivity index (χ4v) is 4.53. The number of carbonyl (C=O) groups excluding carboxylic acids is 3. The monoisotopic (exact) mass is 690 g/mol. The molecule has 0 unspecified atom stereocenters. The highest BCUT2D eigenvalue weighted by Gasteiger charge is 2.15. The molecule has 3 N–H and O–H groups in total. The molecular weight excluding hydrogens is 659 g/mol. The predicted octanol–water partition coefficient (Wildman–Crippen LogP) is 5.56. The normalized spacial score (nSPS) is 10.9. The lowest BCUT2D eigenvalue weighted by Crippen LogP contribution is -2.37. The van der Waals surface area contributed by atoms with Crippen LogP contribution in [0, 0.1) is 10.5 Å². The van der Waals surface area contributed by atoms with Crippen molar-refractivity contribution in [2.24, 2.45) is 5.10 Å². The standard InChI is InChI=1S/C30H32ClIN4O5/c1-5-40-26-13-21(12-25(32)28(26)41-17-27(37)35-23-11-6-19(4)24(31)14-23)16-34-36-30(39)29(38)33-15-20-7-9-22(10-8-20)18(2)3/h6-14,16,18H,5,15,17H2,1-4H3,(H,33,38)(H,35,37)(H,36,39)/b34-16-. The number of nitrogens with one attached hydrogen (secondary N) is 3. The first-order chi connectivity index (χ1) is 19.6. The first-order valence-electron chi connectivity index (χ1n) is 12.9. The van der Waals surface area contributed by atoms with Crippen molar-refractivity contribution < 1.29 is 23.9 Å². The summed E-state index contributed by atoms with van der Waals surface area (Å²) >= 11 is 8.19. The SMILES string of the molecule is CCOc1cc(/C=N\NC(=O)C(=O)NCc2ccc(C(C)C)cc2)cc(I)c1OCC(=O)Nc1ccc(C)c(Cl)c1. The molecule has 0 aliphatic rings. The van der Waals surface area contributed by atoms with Gasteiger partial charge in [0.25, 0.3) is 5.91 Å². The van der Waals surface area contributed by atoms with Gasteiger partial charge in [0.05, 0.1) is 16.4 Å². The number of amides is 3. The largest absolute Gasteiger partial charge is 0.490 e. The van der Waals surface area contributed by atoms with E-state index < -0.39 is 11.8 Å². The second-order valence-electron chi connectivity index (χ2n) is 9.34. The Bertz CT molecular complexity index is 1430. The van der Waals surface area contributed by atoms with Crippen molar-refractivity contribution in [2.75, 3.05) is 18.5 Å². The maximum atomic E-state index is 12.4. The first kappa shape index (κ1) is 31.9. The van der Waals surface area contributed by atoms with Crippen molar-refractivity contribution in [2.45, 2.75) is 40.2 Å². The average molecular weight is 691 g/mol. The zero-order valence-electron chi connectivity index (χ0n) is 23.2. The van der Waals surface area contributed by atoms with Gasteiger partial charge in [0.1, 0.15) is 0 Å². The molecule has 11 heteroatoms. The Morgan fingerprint density at radius 1 is 1.02 bits per heavy atom. The Balaban J connectivity index is 1.56. The molecule has 0 atom stereocenters. The third-order valence-electron chi connectivity index (χ3n) is 5.82. The number of benzene rings is 3. The number of hydrogen-bond donors (Lipinski definition) is 3.